The molecule has 30 heavy (non-hydrogen) atoms. The van der Waals surface area contributed by atoms with Crippen molar-refractivity contribution >= 4 is 34.2 Å². The van der Waals surface area contributed by atoms with E-state index in [0.717, 1.165) is 35.0 Å². The molecule has 4 aromatic rings. The lowest BCUT2D eigenvalue weighted by molar-refractivity contribution is 0.0697. The van der Waals surface area contributed by atoms with Crippen LogP contribution in [-0.2, 0) is 0 Å². The summed E-state index contributed by atoms with van der Waals surface area (Å²) in [5.41, 5.74) is 4.12. The number of aromatic carboxylic acids is 1. The maximum absolute atomic E-state index is 12.8. The van der Waals surface area contributed by atoms with Gasteiger partial charge >= 0.3 is 5.97 Å². The van der Waals surface area contributed by atoms with Gasteiger partial charge in [-0.05, 0) is 72.9 Å². The van der Waals surface area contributed by atoms with Crippen molar-refractivity contribution in [3.8, 4) is 0 Å². The van der Waals surface area contributed by atoms with Crippen LogP contribution in [0.3, 0.4) is 0 Å². The fourth-order valence-corrected chi connectivity index (χ4v) is 3.79. The minimum absolute atomic E-state index is 0.0878. The molecule has 5 rings (SSSR count). The summed E-state index contributed by atoms with van der Waals surface area (Å²) in [7, 11) is 0. The molecule has 1 heterocycles. The Morgan fingerprint density at radius 1 is 0.933 bits per heavy atom. The lowest BCUT2D eigenvalue weighted by Gasteiger charge is -2.12. The number of aromatic nitrogens is 1. The average Bonchev–Trinajstić information content (AvgIpc) is 3.53. The minimum atomic E-state index is -0.944. The molecule has 0 bridgehead atoms. The zero-order valence-corrected chi connectivity index (χ0v) is 16.2. The van der Waals surface area contributed by atoms with Crippen LogP contribution in [0, 0.1) is 0 Å². The summed E-state index contributed by atoms with van der Waals surface area (Å²) in [4.78, 5) is 24.5. The Labute approximate surface area is 173 Å². The molecule has 0 aliphatic heterocycles. The second-order valence-electron chi connectivity index (χ2n) is 7.64. The van der Waals surface area contributed by atoms with Crippen LogP contribution in [-0.4, -0.2) is 21.6 Å². The summed E-state index contributed by atoms with van der Waals surface area (Å²) >= 11 is 0. The molecular formula is C25H20N2O3. The molecule has 0 amide bonds. The molecular weight excluding hydrogens is 376 g/mol. The summed E-state index contributed by atoms with van der Waals surface area (Å²) in [5, 5.41) is 13.8. The van der Waals surface area contributed by atoms with E-state index in [1.54, 1.807) is 29.0 Å². The Balaban J connectivity index is 1.45. The minimum Gasteiger partial charge on any atom is -0.478 e. The fourth-order valence-electron chi connectivity index (χ4n) is 3.79. The first-order chi connectivity index (χ1) is 14.6. The summed E-state index contributed by atoms with van der Waals surface area (Å²) in [6, 6.07) is 22.3. The van der Waals surface area contributed by atoms with Crippen molar-refractivity contribution in [1.82, 2.24) is 4.57 Å². The van der Waals surface area contributed by atoms with Crippen LogP contribution in [0.4, 0.5) is 11.4 Å². The standard InChI is InChI=1S/C25H20N2O3/c28-24(17-4-2-1-3-5-17)27-13-12-19-14-20(9-11-23(19)27)26-22-10-8-18(16-6-7-16)15-21(22)25(29)30/h1-5,8-16,26H,6-7H2,(H,29,30). The number of rotatable bonds is 5. The SMILES string of the molecule is O=C(O)c1cc(C2CC2)ccc1Nc1ccc2c(ccn2C(=O)c2ccccc2)c1. The smallest absolute Gasteiger partial charge is 0.337 e. The first-order valence-electron chi connectivity index (χ1n) is 9.95. The van der Waals surface area contributed by atoms with Crippen molar-refractivity contribution in [1.29, 1.82) is 0 Å². The number of benzene rings is 3. The van der Waals surface area contributed by atoms with Gasteiger partial charge in [0, 0.05) is 22.8 Å². The molecule has 3 aromatic carbocycles. The number of fused-ring (bicyclic) bond motifs is 1. The van der Waals surface area contributed by atoms with Crippen LogP contribution in [0.1, 0.15) is 45.0 Å². The summed E-state index contributed by atoms with van der Waals surface area (Å²) in [6.45, 7) is 0. The van der Waals surface area contributed by atoms with E-state index in [1.807, 2.05) is 54.6 Å². The lowest BCUT2D eigenvalue weighted by atomic mass is 10.0. The topological polar surface area (TPSA) is 71.3 Å². The van der Waals surface area contributed by atoms with Crippen LogP contribution in [0.25, 0.3) is 10.9 Å². The van der Waals surface area contributed by atoms with Gasteiger partial charge in [0.25, 0.3) is 5.91 Å². The quantitative estimate of drug-likeness (QED) is 0.457. The van der Waals surface area contributed by atoms with Crippen LogP contribution >= 0.6 is 0 Å². The van der Waals surface area contributed by atoms with Crippen molar-refractivity contribution < 1.29 is 14.7 Å². The van der Waals surface area contributed by atoms with E-state index in [2.05, 4.69) is 5.32 Å². The first-order valence-corrected chi connectivity index (χ1v) is 9.95. The summed E-state index contributed by atoms with van der Waals surface area (Å²) in [5.74, 6) is -0.536. The number of carboxylic acid groups (broad SMARTS) is 1. The largest absolute Gasteiger partial charge is 0.478 e. The van der Waals surface area contributed by atoms with E-state index in [9.17, 15) is 14.7 Å². The zero-order chi connectivity index (χ0) is 20.7. The van der Waals surface area contributed by atoms with Gasteiger partial charge in [-0.1, -0.05) is 24.3 Å². The number of hydrogen-bond donors (Lipinski definition) is 2. The van der Waals surface area contributed by atoms with Crippen LogP contribution in [0.5, 0.6) is 0 Å². The number of nitrogens with one attached hydrogen (secondary N) is 1. The van der Waals surface area contributed by atoms with Crippen LogP contribution in [0.2, 0.25) is 0 Å². The third-order valence-electron chi connectivity index (χ3n) is 5.53. The maximum Gasteiger partial charge on any atom is 0.337 e. The van der Waals surface area contributed by atoms with Crippen molar-refractivity contribution in [3.05, 3.63) is 95.7 Å². The first kappa shape index (κ1) is 18.2. The molecule has 5 heteroatoms. The van der Waals surface area contributed by atoms with Crippen molar-refractivity contribution in [2.45, 2.75) is 18.8 Å². The van der Waals surface area contributed by atoms with Crippen molar-refractivity contribution in [3.63, 3.8) is 0 Å². The predicted octanol–water partition coefficient (Wildman–Crippen LogP) is 5.65. The molecule has 1 aliphatic carbocycles. The maximum atomic E-state index is 12.8. The monoisotopic (exact) mass is 396 g/mol. The molecule has 148 valence electrons. The van der Waals surface area contributed by atoms with Gasteiger partial charge in [-0.15, -0.1) is 0 Å². The van der Waals surface area contributed by atoms with Crippen molar-refractivity contribution in [2.24, 2.45) is 0 Å². The second-order valence-corrected chi connectivity index (χ2v) is 7.64. The number of nitrogens with zero attached hydrogens (tertiary/aromatic N) is 1. The second kappa shape index (κ2) is 7.19. The zero-order valence-electron chi connectivity index (χ0n) is 16.2. The average molecular weight is 396 g/mol. The highest BCUT2D eigenvalue weighted by Crippen LogP contribution is 2.41. The van der Waals surface area contributed by atoms with Gasteiger partial charge in [-0.3, -0.25) is 9.36 Å². The molecule has 1 aliphatic rings. The molecule has 0 unspecified atom stereocenters. The van der Waals surface area contributed by atoms with Crippen LogP contribution < -0.4 is 5.32 Å². The van der Waals surface area contributed by atoms with E-state index in [1.165, 1.54) is 0 Å². The number of hydrogen-bond acceptors (Lipinski definition) is 3. The molecule has 0 atom stereocenters. The molecule has 1 saturated carbocycles. The normalized spacial score (nSPS) is 13.3. The summed E-state index contributed by atoms with van der Waals surface area (Å²) < 4.78 is 1.63. The highest BCUT2D eigenvalue weighted by atomic mass is 16.4. The van der Waals surface area contributed by atoms with E-state index >= 15 is 0 Å². The highest BCUT2D eigenvalue weighted by Gasteiger charge is 2.25. The predicted molar refractivity (Wildman–Crippen MR) is 117 cm³/mol. The van der Waals surface area contributed by atoms with E-state index in [0.29, 0.717) is 17.2 Å². The number of carbonyl (C=O) groups excluding carboxylic acids is 1. The molecule has 0 radical (unpaired) electrons. The van der Waals surface area contributed by atoms with Gasteiger partial charge in [0.2, 0.25) is 0 Å². The van der Waals surface area contributed by atoms with Gasteiger partial charge in [-0.2, -0.15) is 0 Å². The third kappa shape index (κ3) is 3.35. The van der Waals surface area contributed by atoms with Gasteiger partial charge in [0.05, 0.1) is 16.8 Å². The van der Waals surface area contributed by atoms with E-state index < -0.39 is 5.97 Å². The van der Waals surface area contributed by atoms with Gasteiger partial charge in [-0.25, -0.2) is 4.79 Å². The fraction of sp³-hybridized carbons (Fsp3) is 0.120. The molecule has 2 N–H and O–H groups in total. The highest BCUT2D eigenvalue weighted by molar-refractivity contribution is 6.03. The van der Waals surface area contributed by atoms with E-state index in [-0.39, 0.29) is 11.5 Å². The Morgan fingerprint density at radius 2 is 1.73 bits per heavy atom. The Morgan fingerprint density at radius 3 is 2.47 bits per heavy atom. The Bertz CT molecular complexity index is 1270. The Hall–Kier alpha value is -3.86. The summed E-state index contributed by atoms with van der Waals surface area (Å²) in [6.07, 6.45) is 4.01. The van der Waals surface area contributed by atoms with Crippen LogP contribution in [0.15, 0.2) is 79.0 Å². The third-order valence-corrected chi connectivity index (χ3v) is 5.53. The molecule has 5 nitrogen and oxygen atoms in total. The molecule has 1 aromatic heterocycles. The Kier molecular flexibility index (Phi) is 4.36. The van der Waals surface area contributed by atoms with Gasteiger partial charge in [0.1, 0.15) is 0 Å². The molecule has 0 saturated heterocycles. The number of carboxylic acids is 1. The van der Waals surface area contributed by atoms with E-state index in [4.69, 9.17) is 0 Å². The molecule has 0 spiro atoms. The number of carbonyl (C=O) groups is 2. The molecule has 1 fully saturated rings. The lowest BCUT2D eigenvalue weighted by Crippen LogP contribution is -2.10. The van der Waals surface area contributed by atoms with Gasteiger partial charge in [0.15, 0.2) is 0 Å². The van der Waals surface area contributed by atoms with Crippen molar-refractivity contribution in [2.75, 3.05) is 5.32 Å². The number of anilines is 2. The van der Waals surface area contributed by atoms with Gasteiger partial charge < -0.3 is 10.4 Å².